The summed E-state index contributed by atoms with van der Waals surface area (Å²) >= 11 is 0. The Balaban J connectivity index is 2.87. The lowest BCUT2D eigenvalue weighted by Crippen LogP contribution is -1.99. The molecule has 0 aliphatic rings. The van der Waals surface area contributed by atoms with Crippen LogP contribution in [0.2, 0.25) is 0 Å². The highest BCUT2D eigenvalue weighted by molar-refractivity contribution is 5.88. The maximum Gasteiger partial charge on any atom is 0.135 e. The molecule has 0 spiro atoms. The van der Waals surface area contributed by atoms with Crippen molar-refractivity contribution in [1.82, 2.24) is 15.0 Å². The molecule has 0 fully saturated rings. The van der Waals surface area contributed by atoms with Gasteiger partial charge in [-0.1, -0.05) is 0 Å². The second-order valence-electron chi connectivity index (χ2n) is 2.78. The van der Waals surface area contributed by atoms with Crippen molar-refractivity contribution in [1.29, 1.82) is 0 Å². The van der Waals surface area contributed by atoms with Crippen LogP contribution in [0.5, 0.6) is 0 Å². The van der Waals surface area contributed by atoms with Crippen molar-refractivity contribution in [2.45, 2.75) is 6.92 Å². The van der Waals surface area contributed by atoms with Crippen LogP contribution in [0.3, 0.4) is 0 Å². The fourth-order valence-corrected chi connectivity index (χ4v) is 1.19. The Hall–Kier alpha value is -1.91. The molecule has 0 saturated heterocycles. The number of pyridine rings is 1. The second kappa shape index (κ2) is 2.55. The van der Waals surface area contributed by atoms with Gasteiger partial charge in [0.25, 0.3) is 0 Å². The predicted octanol–water partition coefficient (Wildman–Crippen LogP) is 0.498. The number of aryl methyl sites for hydroxylation is 1. The Labute approximate surface area is 74.8 Å². The Kier molecular flexibility index (Phi) is 1.51. The second-order valence-corrected chi connectivity index (χ2v) is 2.78. The first-order chi connectivity index (χ1) is 6.16. The molecule has 0 saturated carbocycles. The molecule has 0 bridgehead atoms. The molecule has 2 aromatic rings. The number of anilines is 2. The number of hydrogen-bond acceptors (Lipinski definition) is 5. The van der Waals surface area contributed by atoms with E-state index in [0.29, 0.717) is 17.5 Å². The minimum absolute atomic E-state index is 0.423. The van der Waals surface area contributed by atoms with E-state index in [0.717, 1.165) is 10.9 Å². The molecule has 66 valence electrons. The molecule has 2 aromatic heterocycles. The largest absolute Gasteiger partial charge is 0.384 e. The molecule has 0 unspecified atom stereocenters. The maximum atomic E-state index is 5.69. The van der Waals surface area contributed by atoms with Crippen molar-refractivity contribution in [2.75, 3.05) is 11.5 Å². The molecule has 0 aliphatic heterocycles. The summed E-state index contributed by atoms with van der Waals surface area (Å²) in [5, 5.41) is 0.748. The smallest absolute Gasteiger partial charge is 0.135 e. The van der Waals surface area contributed by atoms with Crippen LogP contribution in [0, 0.1) is 6.92 Å². The van der Waals surface area contributed by atoms with Crippen LogP contribution in [0.15, 0.2) is 12.3 Å². The molecule has 0 aromatic carbocycles. The lowest BCUT2D eigenvalue weighted by atomic mass is 10.3. The minimum atomic E-state index is 0.423. The number of nitrogens with two attached hydrogens (primary N) is 2. The molecule has 0 radical (unpaired) electrons. The van der Waals surface area contributed by atoms with Gasteiger partial charge >= 0.3 is 0 Å². The van der Waals surface area contributed by atoms with E-state index in [1.165, 1.54) is 0 Å². The van der Waals surface area contributed by atoms with E-state index in [9.17, 15) is 0 Å². The first-order valence-electron chi connectivity index (χ1n) is 3.82. The average Bonchev–Trinajstić information content (AvgIpc) is 2.06. The molecule has 5 heteroatoms. The van der Waals surface area contributed by atoms with Crippen LogP contribution in [0.4, 0.5) is 11.6 Å². The number of nitrogens with zero attached hydrogens (tertiary/aromatic N) is 3. The molecule has 13 heavy (non-hydrogen) atoms. The van der Waals surface area contributed by atoms with Crippen LogP contribution >= 0.6 is 0 Å². The minimum Gasteiger partial charge on any atom is -0.384 e. The van der Waals surface area contributed by atoms with Crippen molar-refractivity contribution >= 4 is 22.5 Å². The van der Waals surface area contributed by atoms with Crippen LogP contribution in [0.1, 0.15) is 5.82 Å². The van der Waals surface area contributed by atoms with Crippen molar-refractivity contribution in [3.05, 3.63) is 18.1 Å². The van der Waals surface area contributed by atoms with Crippen molar-refractivity contribution in [3.63, 3.8) is 0 Å². The molecule has 5 nitrogen and oxygen atoms in total. The SMILES string of the molecule is Cc1nc(N)c2cc(N)ncc2n1. The Morgan fingerprint density at radius 2 is 2.00 bits per heavy atom. The van der Waals surface area contributed by atoms with E-state index < -0.39 is 0 Å². The summed E-state index contributed by atoms with van der Waals surface area (Å²) in [6.07, 6.45) is 1.59. The van der Waals surface area contributed by atoms with Crippen molar-refractivity contribution in [3.8, 4) is 0 Å². The monoisotopic (exact) mass is 175 g/mol. The number of rotatable bonds is 0. The zero-order valence-electron chi connectivity index (χ0n) is 7.15. The molecule has 2 rings (SSSR count). The van der Waals surface area contributed by atoms with E-state index in [-0.39, 0.29) is 0 Å². The van der Waals surface area contributed by atoms with Gasteiger partial charge in [-0.25, -0.2) is 15.0 Å². The standard InChI is InChI=1S/C8H9N5/c1-4-12-6-3-11-7(9)2-5(6)8(10)13-4/h2-3H,1H3,(H2,9,11)(H2,10,12,13). The third-order valence-corrected chi connectivity index (χ3v) is 1.74. The summed E-state index contributed by atoms with van der Waals surface area (Å²) in [6.45, 7) is 1.78. The number of nitrogen functional groups attached to an aromatic ring is 2. The van der Waals surface area contributed by atoms with E-state index in [2.05, 4.69) is 15.0 Å². The summed E-state index contributed by atoms with van der Waals surface area (Å²) in [7, 11) is 0. The highest BCUT2D eigenvalue weighted by atomic mass is 15.0. The lowest BCUT2D eigenvalue weighted by molar-refractivity contribution is 1.09. The fraction of sp³-hybridized carbons (Fsp3) is 0.125. The predicted molar refractivity (Wildman–Crippen MR) is 50.9 cm³/mol. The number of fused-ring (bicyclic) bond motifs is 1. The lowest BCUT2D eigenvalue weighted by Gasteiger charge is -2.01. The Bertz CT molecular complexity index is 465. The van der Waals surface area contributed by atoms with Gasteiger partial charge in [-0.3, -0.25) is 0 Å². The molecule has 0 aliphatic carbocycles. The van der Waals surface area contributed by atoms with E-state index >= 15 is 0 Å². The highest BCUT2D eigenvalue weighted by Gasteiger charge is 2.02. The molecular weight excluding hydrogens is 166 g/mol. The average molecular weight is 175 g/mol. The highest BCUT2D eigenvalue weighted by Crippen LogP contribution is 2.17. The summed E-state index contributed by atoms with van der Waals surface area (Å²) < 4.78 is 0. The first-order valence-corrected chi connectivity index (χ1v) is 3.82. The van der Waals surface area contributed by atoms with E-state index in [1.54, 1.807) is 19.2 Å². The summed E-state index contributed by atoms with van der Waals surface area (Å²) in [5.41, 5.74) is 11.9. The first kappa shape index (κ1) is 7.72. The van der Waals surface area contributed by atoms with Gasteiger partial charge in [0.1, 0.15) is 17.5 Å². The number of aromatic nitrogens is 3. The van der Waals surface area contributed by atoms with E-state index in [4.69, 9.17) is 11.5 Å². The molecule has 4 N–H and O–H groups in total. The summed E-state index contributed by atoms with van der Waals surface area (Å²) in [4.78, 5) is 12.1. The van der Waals surface area contributed by atoms with Gasteiger partial charge in [0.05, 0.1) is 11.7 Å². The fourth-order valence-electron chi connectivity index (χ4n) is 1.19. The van der Waals surface area contributed by atoms with Gasteiger partial charge in [0.2, 0.25) is 0 Å². The molecule has 0 amide bonds. The van der Waals surface area contributed by atoms with Crippen LogP contribution in [-0.2, 0) is 0 Å². The van der Waals surface area contributed by atoms with Crippen LogP contribution in [-0.4, -0.2) is 15.0 Å². The Morgan fingerprint density at radius 3 is 2.77 bits per heavy atom. The van der Waals surface area contributed by atoms with Gasteiger partial charge in [-0.15, -0.1) is 0 Å². The van der Waals surface area contributed by atoms with Crippen LogP contribution in [0.25, 0.3) is 10.9 Å². The van der Waals surface area contributed by atoms with Gasteiger partial charge in [-0.05, 0) is 13.0 Å². The van der Waals surface area contributed by atoms with Gasteiger partial charge < -0.3 is 11.5 Å². The molecule has 0 atom stereocenters. The molecule has 2 heterocycles. The third-order valence-electron chi connectivity index (χ3n) is 1.74. The van der Waals surface area contributed by atoms with Gasteiger partial charge in [0.15, 0.2) is 0 Å². The van der Waals surface area contributed by atoms with Crippen molar-refractivity contribution in [2.24, 2.45) is 0 Å². The number of hydrogen-bond donors (Lipinski definition) is 2. The molecular formula is C8H9N5. The van der Waals surface area contributed by atoms with Crippen molar-refractivity contribution < 1.29 is 0 Å². The third kappa shape index (κ3) is 1.24. The summed E-state index contributed by atoms with van der Waals surface area (Å²) in [6, 6.07) is 1.67. The van der Waals surface area contributed by atoms with E-state index in [1.807, 2.05) is 0 Å². The Morgan fingerprint density at radius 1 is 1.23 bits per heavy atom. The zero-order chi connectivity index (χ0) is 9.42. The maximum absolute atomic E-state index is 5.69. The topological polar surface area (TPSA) is 90.7 Å². The summed E-state index contributed by atoms with van der Waals surface area (Å²) in [5.74, 6) is 1.50. The van der Waals surface area contributed by atoms with Crippen LogP contribution < -0.4 is 11.5 Å². The van der Waals surface area contributed by atoms with Gasteiger partial charge in [0, 0.05) is 5.39 Å². The quantitative estimate of drug-likeness (QED) is 0.608. The van der Waals surface area contributed by atoms with Gasteiger partial charge in [-0.2, -0.15) is 0 Å². The normalized spacial score (nSPS) is 10.5. The zero-order valence-corrected chi connectivity index (χ0v) is 7.15.